The van der Waals surface area contributed by atoms with Crippen LogP contribution in [0.5, 0.6) is 5.75 Å². The maximum absolute atomic E-state index is 14.1. The number of carbonyl (C=O) groups is 4. The molecule has 2 rings (SSSR count). The summed E-state index contributed by atoms with van der Waals surface area (Å²) >= 11 is 0. The van der Waals surface area contributed by atoms with Crippen LogP contribution in [0.15, 0.2) is 48.5 Å². The Balaban J connectivity index is 2.48. The van der Waals surface area contributed by atoms with E-state index in [1.165, 1.54) is 4.90 Å². The van der Waals surface area contributed by atoms with E-state index < -0.39 is 53.7 Å². The summed E-state index contributed by atoms with van der Waals surface area (Å²) in [6.07, 6.45) is -0.149. The molecule has 42 heavy (non-hydrogen) atoms. The minimum atomic E-state index is -1.31. The second kappa shape index (κ2) is 14.7. The molecule has 0 aliphatic carbocycles. The smallest absolute Gasteiger partial charge is 0.408 e. The SMILES string of the molecule is CCCN(C(=O)CNC(=O)OC(C)(C)C)C(C(=O)NC(Cc1ccccc1)C(=O)OC(C)(C)C)c1cccc(C)c1O. The largest absolute Gasteiger partial charge is 0.507 e. The molecule has 0 saturated carbocycles. The predicted molar refractivity (Wildman–Crippen MR) is 160 cm³/mol. The number of benzene rings is 2. The molecule has 3 N–H and O–H groups in total. The number of aryl methyl sites for hydroxylation is 1. The molecule has 0 fully saturated rings. The Hall–Kier alpha value is -4.08. The lowest BCUT2D eigenvalue weighted by Gasteiger charge is -2.33. The van der Waals surface area contributed by atoms with Crippen LogP contribution in [-0.4, -0.2) is 64.2 Å². The fraction of sp³-hybridized carbons (Fsp3) is 0.500. The molecule has 2 unspecified atom stereocenters. The van der Waals surface area contributed by atoms with E-state index in [4.69, 9.17) is 9.47 Å². The standard InChI is InChI=1S/C32H45N3O7/c1-9-18-35(25(36)20-33-30(40)42-32(6,7)8)26(23-17-13-14-21(2)27(23)37)28(38)34-24(29(39)41-31(3,4)5)19-22-15-11-10-12-16-22/h10-17,24,26,37H,9,18-20H2,1-8H3,(H,33,40)(H,34,38). The van der Waals surface area contributed by atoms with Gasteiger partial charge in [-0.3, -0.25) is 9.59 Å². The molecule has 0 heterocycles. The van der Waals surface area contributed by atoms with E-state index in [2.05, 4.69) is 10.6 Å². The van der Waals surface area contributed by atoms with Gasteiger partial charge in [-0.15, -0.1) is 0 Å². The molecule has 0 aliphatic heterocycles. The molecule has 10 nitrogen and oxygen atoms in total. The summed E-state index contributed by atoms with van der Waals surface area (Å²) in [5.41, 5.74) is -0.0702. The van der Waals surface area contributed by atoms with E-state index >= 15 is 0 Å². The average Bonchev–Trinajstić information content (AvgIpc) is 2.87. The number of esters is 1. The van der Waals surface area contributed by atoms with Crippen molar-refractivity contribution in [3.63, 3.8) is 0 Å². The van der Waals surface area contributed by atoms with Crippen molar-refractivity contribution < 1.29 is 33.8 Å². The molecular weight excluding hydrogens is 538 g/mol. The van der Waals surface area contributed by atoms with Gasteiger partial charge in [0.15, 0.2) is 0 Å². The summed E-state index contributed by atoms with van der Waals surface area (Å²) in [7, 11) is 0. The number of hydrogen-bond acceptors (Lipinski definition) is 7. The number of nitrogens with zero attached hydrogens (tertiary/aromatic N) is 1. The summed E-state index contributed by atoms with van der Waals surface area (Å²) < 4.78 is 10.9. The van der Waals surface area contributed by atoms with Crippen LogP contribution in [-0.2, 0) is 30.3 Å². The number of rotatable bonds is 11. The molecule has 3 amide bonds. The summed E-state index contributed by atoms with van der Waals surface area (Å²) in [6.45, 7) is 13.5. The van der Waals surface area contributed by atoms with E-state index in [9.17, 15) is 24.3 Å². The lowest BCUT2D eigenvalue weighted by atomic mass is 9.98. The normalized spacial score (nSPS) is 13.0. The van der Waals surface area contributed by atoms with Crippen LogP contribution in [0.25, 0.3) is 0 Å². The van der Waals surface area contributed by atoms with Crippen molar-refractivity contribution in [3.05, 3.63) is 65.2 Å². The van der Waals surface area contributed by atoms with Gasteiger partial charge in [-0.25, -0.2) is 9.59 Å². The average molecular weight is 584 g/mol. The van der Waals surface area contributed by atoms with Gasteiger partial charge < -0.3 is 30.1 Å². The Kier molecular flexibility index (Phi) is 11.9. The first-order valence-corrected chi connectivity index (χ1v) is 14.1. The summed E-state index contributed by atoms with van der Waals surface area (Å²) in [6, 6.07) is 11.7. The van der Waals surface area contributed by atoms with Gasteiger partial charge in [-0.2, -0.15) is 0 Å². The number of alkyl carbamates (subject to hydrolysis) is 1. The Labute approximate surface area is 248 Å². The number of aromatic hydroxyl groups is 1. The highest BCUT2D eigenvalue weighted by molar-refractivity contribution is 5.93. The van der Waals surface area contributed by atoms with Crippen molar-refractivity contribution in [3.8, 4) is 5.75 Å². The Morgan fingerprint density at radius 1 is 0.905 bits per heavy atom. The molecule has 2 aromatic rings. The van der Waals surface area contributed by atoms with Crippen LogP contribution in [0.1, 0.15) is 77.6 Å². The number of phenols is 1. The lowest BCUT2D eigenvalue weighted by molar-refractivity contribution is -0.159. The highest BCUT2D eigenvalue weighted by Crippen LogP contribution is 2.32. The monoisotopic (exact) mass is 583 g/mol. The number of amides is 3. The third-order valence-corrected chi connectivity index (χ3v) is 5.98. The number of hydrogen-bond donors (Lipinski definition) is 3. The van der Waals surface area contributed by atoms with Crippen LogP contribution in [0.4, 0.5) is 4.79 Å². The van der Waals surface area contributed by atoms with Crippen LogP contribution in [0.3, 0.4) is 0 Å². The van der Waals surface area contributed by atoms with Crippen molar-refractivity contribution in [2.24, 2.45) is 0 Å². The molecule has 0 aromatic heterocycles. The fourth-order valence-corrected chi connectivity index (χ4v) is 4.22. The van der Waals surface area contributed by atoms with E-state index in [1.807, 2.05) is 37.3 Å². The second-order valence-electron chi connectivity index (χ2n) is 12.1. The Morgan fingerprint density at radius 3 is 2.10 bits per heavy atom. The van der Waals surface area contributed by atoms with Gasteiger partial charge in [-0.05, 0) is 66.0 Å². The van der Waals surface area contributed by atoms with Crippen molar-refractivity contribution >= 4 is 23.9 Å². The molecule has 2 atom stereocenters. The first-order valence-electron chi connectivity index (χ1n) is 14.1. The number of para-hydroxylation sites is 1. The van der Waals surface area contributed by atoms with Crippen LogP contribution < -0.4 is 10.6 Å². The third kappa shape index (κ3) is 10.7. The summed E-state index contributed by atoms with van der Waals surface area (Å²) in [5, 5.41) is 16.2. The van der Waals surface area contributed by atoms with Crippen molar-refractivity contribution in [2.45, 2.75) is 91.5 Å². The molecule has 0 spiro atoms. The van der Waals surface area contributed by atoms with Crippen molar-refractivity contribution in [1.82, 2.24) is 15.5 Å². The maximum Gasteiger partial charge on any atom is 0.408 e. The van der Waals surface area contributed by atoms with E-state index in [0.29, 0.717) is 12.0 Å². The van der Waals surface area contributed by atoms with Crippen molar-refractivity contribution in [2.75, 3.05) is 13.1 Å². The van der Waals surface area contributed by atoms with Crippen LogP contribution >= 0.6 is 0 Å². The van der Waals surface area contributed by atoms with E-state index in [0.717, 1.165) is 5.56 Å². The Morgan fingerprint density at radius 2 is 1.52 bits per heavy atom. The fourth-order valence-electron chi connectivity index (χ4n) is 4.22. The van der Waals surface area contributed by atoms with E-state index in [-0.39, 0.29) is 24.3 Å². The van der Waals surface area contributed by atoms with Gasteiger partial charge in [0.2, 0.25) is 11.8 Å². The summed E-state index contributed by atoms with van der Waals surface area (Å²) in [4.78, 5) is 54.4. The first-order chi connectivity index (χ1) is 19.5. The molecular formula is C32H45N3O7. The molecule has 230 valence electrons. The van der Waals surface area contributed by atoms with Gasteiger partial charge in [0.1, 0.15) is 35.6 Å². The second-order valence-corrected chi connectivity index (χ2v) is 12.1. The highest BCUT2D eigenvalue weighted by atomic mass is 16.6. The minimum Gasteiger partial charge on any atom is -0.507 e. The van der Waals surface area contributed by atoms with Gasteiger partial charge >= 0.3 is 12.1 Å². The predicted octanol–water partition coefficient (Wildman–Crippen LogP) is 4.57. The van der Waals surface area contributed by atoms with Gasteiger partial charge in [0, 0.05) is 18.5 Å². The van der Waals surface area contributed by atoms with Gasteiger partial charge in [-0.1, -0.05) is 55.5 Å². The van der Waals surface area contributed by atoms with Crippen molar-refractivity contribution in [1.29, 1.82) is 0 Å². The third-order valence-electron chi connectivity index (χ3n) is 5.98. The summed E-state index contributed by atoms with van der Waals surface area (Å²) in [5.74, 6) is -2.03. The quantitative estimate of drug-likeness (QED) is 0.330. The molecule has 2 aromatic carbocycles. The van der Waals surface area contributed by atoms with Gasteiger partial charge in [0.05, 0.1) is 0 Å². The molecule has 0 radical (unpaired) electrons. The topological polar surface area (TPSA) is 134 Å². The number of phenolic OH excluding ortho intramolecular Hbond substituents is 1. The number of carbonyl (C=O) groups excluding carboxylic acids is 4. The zero-order chi connectivity index (χ0) is 31.7. The first kappa shape index (κ1) is 34.1. The Bertz CT molecular complexity index is 1230. The zero-order valence-electron chi connectivity index (χ0n) is 25.9. The minimum absolute atomic E-state index is 0.135. The lowest BCUT2D eigenvalue weighted by Crippen LogP contribution is -2.52. The van der Waals surface area contributed by atoms with Gasteiger partial charge in [0.25, 0.3) is 0 Å². The molecule has 10 heteroatoms. The molecule has 0 saturated heterocycles. The number of ether oxygens (including phenoxy) is 2. The van der Waals surface area contributed by atoms with Crippen LogP contribution in [0.2, 0.25) is 0 Å². The molecule has 0 bridgehead atoms. The van der Waals surface area contributed by atoms with E-state index in [1.54, 1.807) is 66.7 Å². The molecule has 0 aliphatic rings. The zero-order valence-corrected chi connectivity index (χ0v) is 25.9. The number of nitrogens with one attached hydrogen (secondary N) is 2. The highest BCUT2D eigenvalue weighted by Gasteiger charge is 2.36. The maximum atomic E-state index is 14.1. The van der Waals surface area contributed by atoms with Crippen LogP contribution in [0, 0.1) is 6.92 Å².